The molecule has 1 aromatic heterocycles. The molecule has 1 heterocycles. The molecule has 2 rings (SSSR count). The second-order valence-electron chi connectivity index (χ2n) is 4.14. The lowest BCUT2D eigenvalue weighted by molar-refractivity contribution is -0.141. The molecule has 7 heteroatoms. The summed E-state index contributed by atoms with van der Waals surface area (Å²) in [5, 5.41) is 3.55. The Labute approximate surface area is 116 Å². The Morgan fingerprint density at radius 3 is 2.53 bits per heavy atom. The minimum absolute atomic E-state index is 0.304. The Morgan fingerprint density at radius 1 is 1.32 bits per heavy atom. The molecule has 3 nitrogen and oxygen atoms in total. The average molecular weight is 334 g/mol. The molecule has 0 saturated heterocycles. The largest absolute Gasteiger partial charge is 0.435 e. The second kappa shape index (κ2) is 4.97. The monoisotopic (exact) mass is 333 g/mol. The molecular weight excluding hydrogens is 323 g/mol. The fourth-order valence-corrected chi connectivity index (χ4v) is 2.06. The first-order valence-corrected chi connectivity index (χ1v) is 6.26. The van der Waals surface area contributed by atoms with Crippen molar-refractivity contribution in [3.63, 3.8) is 0 Å². The predicted octanol–water partition coefficient (Wildman–Crippen LogP) is 3.67. The summed E-state index contributed by atoms with van der Waals surface area (Å²) in [5.41, 5.74) is 6.14. The Bertz CT molecular complexity index is 590. The molecule has 0 fully saturated rings. The van der Waals surface area contributed by atoms with Gasteiger partial charge in [0.2, 0.25) is 0 Å². The van der Waals surface area contributed by atoms with Gasteiger partial charge in [-0.15, -0.1) is 0 Å². The van der Waals surface area contributed by atoms with Gasteiger partial charge in [0.1, 0.15) is 0 Å². The first kappa shape index (κ1) is 14.1. The smallest absolute Gasteiger partial charge is 0.324 e. The van der Waals surface area contributed by atoms with E-state index in [0.29, 0.717) is 5.69 Å². The van der Waals surface area contributed by atoms with Crippen LogP contribution in [0.1, 0.15) is 24.2 Å². The van der Waals surface area contributed by atoms with E-state index >= 15 is 0 Å². The van der Waals surface area contributed by atoms with Crippen molar-refractivity contribution in [3.8, 4) is 5.69 Å². The van der Waals surface area contributed by atoms with Gasteiger partial charge in [-0.2, -0.15) is 18.3 Å². The number of hydrogen-bond donors (Lipinski definition) is 1. The van der Waals surface area contributed by atoms with E-state index in [1.54, 1.807) is 25.1 Å². The van der Waals surface area contributed by atoms with Crippen LogP contribution in [0.15, 0.2) is 34.9 Å². The van der Waals surface area contributed by atoms with Crippen LogP contribution in [0.25, 0.3) is 5.69 Å². The lowest BCUT2D eigenvalue weighted by atomic mass is 10.1. The summed E-state index contributed by atoms with van der Waals surface area (Å²) < 4.78 is 39.6. The van der Waals surface area contributed by atoms with Gasteiger partial charge in [-0.1, -0.05) is 22.0 Å². The summed E-state index contributed by atoms with van der Waals surface area (Å²) in [6, 6.07) is 5.87. The molecule has 0 aliphatic heterocycles. The van der Waals surface area contributed by atoms with Crippen LogP contribution in [-0.4, -0.2) is 9.78 Å². The quantitative estimate of drug-likeness (QED) is 0.911. The van der Waals surface area contributed by atoms with Gasteiger partial charge in [0.05, 0.1) is 5.69 Å². The molecular formula is C12H11BrF3N3. The zero-order valence-corrected chi connectivity index (χ0v) is 11.5. The van der Waals surface area contributed by atoms with Crippen molar-refractivity contribution in [2.24, 2.45) is 5.73 Å². The van der Waals surface area contributed by atoms with Gasteiger partial charge in [0.15, 0.2) is 5.69 Å². The van der Waals surface area contributed by atoms with Gasteiger partial charge in [0, 0.05) is 16.7 Å². The number of aromatic nitrogens is 2. The number of nitrogens with two attached hydrogens (primary N) is 1. The van der Waals surface area contributed by atoms with Gasteiger partial charge in [-0.05, 0) is 30.7 Å². The van der Waals surface area contributed by atoms with Crippen molar-refractivity contribution in [1.29, 1.82) is 0 Å². The summed E-state index contributed by atoms with van der Waals surface area (Å²) in [6.45, 7) is 1.76. The summed E-state index contributed by atoms with van der Waals surface area (Å²) >= 11 is 3.28. The van der Waals surface area contributed by atoms with Crippen LogP contribution in [0.4, 0.5) is 13.2 Å². The van der Waals surface area contributed by atoms with Gasteiger partial charge in [0.25, 0.3) is 0 Å². The molecule has 0 aliphatic rings. The highest BCUT2D eigenvalue weighted by Gasteiger charge is 2.33. The van der Waals surface area contributed by atoms with E-state index < -0.39 is 11.9 Å². The van der Waals surface area contributed by atoms with Gasteiger partial charge in [-0.3, -0.25) is 0 Å². The number of hydrogen-bond acceptors (Lipinski definition) is 2. The Kier molecular flexibility index (Phi) is 3.69. The first-order chi connectivity index (χ1) is 8.79. The van der Waals surface area contributed by atoms with Crippen LogP contribution in [0.2, 0.25) is 0 Å². The standard InChI is InChI=1S/C12H11BrF3N3/c1-7(17)9-3-2-8(13)6-10(9)19-5-4-11(18-19)12(14,15)16/h2-7H,17H2,1H3. The lowest BCUT2D eigenvalue weighted by Gasteiger charge is -2.13. The van der Waals surface area contributed by atoms with E-state index in [4.69, 9.17) is 5.73 Å². The van der Waals surface area contributed by atoms with Gasteiger partial charge >= 0.3 is 6.18 Å². The molecule has 1 unspecified atom stereocenters. The van der Waals surface area contributed by atoms with Crippen LogP contribution in [0.3, 0.4) is 0 Å². The molecule has 0 saturated carbocycles. The maximum absolute atomic E-state index is 12.5. The Morgan fingerprint density at radius 2 is 2.00 bits per heavy atom. The third-order valence-corrected chi connectivity index (χ3v) is 3.10. The Hall–Kier alpha value is -1.34. The summed E-state index contributed by atoms with van der Waals surface area (Å²) in [4.78, 5) is 0. The molecule has 2 N–H and O–H groups in total. The maximum Gasteiger partial charge on any atom is 0.435 e. The zero-order valence-electron chi connectivity index (χ0n) is 9.95. The highest BCUT2D eigenvalue weighted by Crippen LogP contribution is 2.29. The predicted molar refractivity (Wildman–Crippen MR) is 68.9 cm³/mol. The van der Waals surface area contributed by atoms with E-state index in [1.165, 1.54) is 10.9 Å². The van der Waals surface area contributed by atoms with E-state index in [0.717, 1.165) is 16.1 Å². The number of halogens is 4. The molecule has 1 aromatic carbocycles. The Balaban J connectivity index is 2.52. The number of nitrogens with zero attached hydrogens (tertiary/aromatic N) is 2. The molecule has 2 aromatic rings. The van der Waals surface area contributed by atoms with Crippen molar-refractivity contribution in [2.45, 2.75) is 19.1 Å². The van der Waals surface area contributed by atoms with Crippen LogP contribution in [-0.2, 0) is 6.18 Å². The van der Waals surface area contributed by atoms with E-state index in [9.17, 15) is 13.2 Å². The number of rotatable bonds is 2. The first-order valence-electron chi connectivity index (χ1n) is 5.47. The number of benzene rings is 1. The minimum atomic E-state index is -4.45. The molecule has 0 spiro atoms. The molecule has 19 heavy (non-hydrogen) atoms. The third kappa shape index (κ3) is 2.98. The number of alkyl halides is 3. The summed E-state index contributed by atoms with van der Waals surface area (Å²) in [5.74, 6) is 0. The fraction of sp³-hybridized carbons (Fsp3) is 0.250. The van der Waals surface area contributed by atoms with E-state index in [1.807, 2.05) is 0 Å². The summed E-state index contributed by atoms with van der Waals surface area (Å²) in [6.07, 6.45) is -3.18. The van der Waals surface area contributed by atoms with Crippen molar-refractivity contribution < 1.29 is 13.2 Å². The van der Waals surface area contributed by atoms with Crippen molar-refractivity contribution >= 4 is 15.9 Å². The van der Waals surface area contributed by atoms with Crippen LogP contribution < -0.4 is 5.73 Å². The molecule has 0 radical (unpaired) electrons. The molecule has 1 atom stereocenters. The molecule has 0 aliphatic carbocycles. The summed E-state index contributed by atoms with van der Waals surface area (Å²) in [7, 11) is 0. The topological polar surface area (TPSA) is 43.8 Å². The highest BCUT2D eigenvalue weighted by atomic mass is 79.9. The van der Waals surface area contributed by atoms with Crippen molar-refractivity contribution in [2.75, 3.05) is 0 Å². The molecule has 102 valence electrons. The van der Waals surface area contributed by atoms with Gasteiger partial charge in [-0.25, -0.2) is 4.68 Å². The SMILES string of the molecule is CC(N)c1ccc(Br)cc1-n1ccc(C(F)(F)F)n1. The average Bonchev–Trinajstić information content (AvgIpc) is 2.77. The van der Waals surface area contributed by atoms with E-state index in [-0.39, 0.29) is 6.04 Å². The second-order valence-corrected chi connectivity index (χ2v) is 5.05. The minimum Gasteiger partial charge on any atom is -0.324 e. The lowest BCUT2D eigenvalue weighted by Crippen LogP contribution is -2.11. The van der Waals surface area contributed by atoms with Crippen LogP contribution in [0.5, 0.6) is 0 Å². The zero-order chi connectivity index (χ0) is 14.2. The van der Waals surface area contributed by atoms with Crippen LogP contribution in [0, 0.1) is 0 Å². The molecule has 0 bridgehead atoms. The van der Waals surface area contributed by atoms with Crippen LogP contribution >= 0.6 is 15.9 Å². The van der Waals surface area contributed by atoms with E-state index in [2.05, 4.69) is 21.0 Å². The maximum atomic E-state index is 12.5. The highest BCUT2D eigenvalue weighted by molar-refractivity contribution is 9.10. The normalized spacial score (nSPS) is 13.6. The third-order valence-electron chi connectivity index (χ3n) is 2.61. The van der Waals surface area contributed by atoms with Crippen molar-refractivity contribution in [1.82, 2.24) is 9.78 Å². The van der Waals surface area contributed by atoms with Crippen molar-refractivity contribution in [3.05, 3.63) is 46.2 Å². The van der Waals surface area contributed by atoms with Gasteiger partial charge < -0.3 is 5.73 Å². The fourth-order valence-electron chi connectivity index (χ4n) is 1.71. The molecule has 0 amide bonds.